The number of carbonyl (C=O) groups is 1. The lowest BCUT2D eigenvalue weighted by Gasteiger charge is -2.21. The molecular formula is C12H11BrNO+. The van der Waals surface area contributed by atoms with Gasteiger partial charge in [0.25, 0.3) is 0 Å². The third-order valence-electron chi connectivity index (χ3n) is 2.46. The molecule has 1 aliphatic heterocycles. The van der Waals surface area contributed by atoms with E-state index in [0.717, 1.165) is 12.0 Å². The highest BCUT2D eigenvalue weighted by atomic mass is 79.9. The summed E-state index contributed by atoms with van der Waals surface area (Å²) in [4.78, 5) is 10.9. The molecule has 1 heterocycles. The van der Waals surface area contributed by atoms with Crippen molar-refractivity contribution in [3.05, 3.63) is 53.9 Å². The zero-order valence-corrected chi connectivity index (χ0v) is 9.94. The molecule has 0 radical (unpaired) electrons. The van der Waals surface area contributed by atoms with E-state index in [4.69, 9.17) is 0 Å². The summed E-state index contributed by atoms with van der Waals surface area (Å²) < 4.78 is 0.275. The van der Waals surface area contributed by atoms with Crippen molar-refractivity contribution < 1.29 is 4.79 Å². The molecule has 1 aliphatic rings. The third kappa shape index (κ3) is 1.68. The Bertz CT molecular complexity index is 447. The van der Waals surface area contributed by atoms with Gasteiger partial charge < -0.3 is 0 Å². The van der Waals surface area contributed by atoms with Crippen LogP contribution in [-0.2, 0) is 4.79 Å². The Hall–Kier alpha value is -1.19. The number of hydrogen-bond donors (Lipinski definition) is 0. The van der Waals surface area contributed by atoms with E-state index < -0.39 is 0 Å². The summed E-state index contributed by atoms with van der Waals surface area (Å²) in [6.07, 6.45) is 6.48. The molecule has 0 aliphatic carbocycles. The lowest BCUT2D eigenvalue weighted by molar-refractivity contribution is -0.105. The second kappa shape index (κ2) is 3.76. The number of nitrogens with zero attached hydrogens (tertiary/aromatic N) is 1. The van der Waals surface area contributed by atoms with Crippen LogP contribution in [0.4, 0.5) is 5.69 Å². The molecule has 0 saturated heterocycles. The van der Waals surface area contributed by atoms with E-state index in [1.807, 2.05) is 49.5 Å². The van der Waals surface area contributed by atoms with Crippen LogP contribution in [0.25, 0.3) is 0 Å². The normalized spacial score (nSPS) is 24.0. The predicted octanol–water partition coefficient (Wildman–Crippen LogP) is 3.22. The van der Waals surface area contributed by atoms with Crippen molar-refractivity contribution in [1.29, 1.82) is 0 Å². The van der Waals surface area contributed by atoms with Crippen LogP contribution in [-0.4, -0.2) is 6.29 Å². The van der Waals surface area contributed by atoms with Gasteiger partial charge >= 0.3 is 0 Å². The van der Waals surface area contributed by atoms with Gasteiger partial charge in [-0.15, -0.1) is 0 Å². The maximum Gasteiger partial charge on any atom is 0.245 e. The standard InChI is InChI=1S/C12H11BrNO/c1-10-4-6-11(7-5-10)14(13)8-2-3-12(14)9-15/h2-9H,1H3/q+1. The van der Waals surface area contributed by atoms with Gasteiger partial charge in [-0.3, -0.25) is 4.79 Å². The van der Waals surface area contributed by atoms with Gasteiger partial charge in [-0.2, -0.15) is 3.51 Å². The molecule has 76 valence electrons. The first kappa shape index (κ1) is 10.3. The molecule has 15 heavy (non-hydrogen) atoms. The van der Waals surface area contributed by atoms with Crippen molar-refractivity contribution >= 4 is 28.1 Å². The summed E-state index contributed by atoms with van der Waals surface area (Å²) in [7, 11) is 0. The molecule has 1 unspecified atom stereocenters. The number of hydrogen-bond acceptors (Lipinski definition) is 1. The Morgan fingerprint density at radius 1 is 1.27 bits per heavy atom. The molecule has 2 rings (SSSR count). The Morgan fingerprint density at radius 3 is 2.53 bits per heavy atom. The van der Waals surface area contributed by atoms with Gasteiger partial charge in [-0.25, -0.2) is 0 Å². The molecule has 1 aromatic rings. The van der Waals surface area contributed by atoms with Crippen LogP contribution in [0.15, 0.2) is 48.3 Å². The van der Waals surface area contributed by atoms with Crippen molar-refractivity contribution in [3.63, 3.8) is 0 Å². The monoisotopic (exact) mass is 264 g/mol. The fraction of sp³-hybridized carbons (Fsp3) is 0.0833. The van der Waals surface area contributed by atoms with Crippen molar-refractivity contribution in [2.75, 3.05) is 0 Å². The van der Waals surface area contributed by atoms with Crippen LogP contribution in [0.3, 0.4) is 0 Å². The fourth-order valence-electron chi connectivity index (χ4n) is 1.57. The zero-order valence-electron chi connectivity index (χ0n) is 8.35. The number of carbonyl (C=O) groups excluding carboxylic acids is 1. The van der Waals surface area contributed by atoms with Crippen molar-refractivity contribution in [2.45, 2.75) is 6.92 Å². The molecule has 0 fully saturated rings. The number of aldehydes is 1. The molecule has 3 heteroatoms. The Morgan fingerprint density at radius 2 is 1.93 bits per heavy atom. The maximum absolute atomic E-state index is 10.9. The zero-order chi connectivity index (χ0) is 10.9. The molecule has 1 atom stereocenters. The van der Waals surface area contributed by atoms with Gasteiger partial charge in [-0.1, -0.05) is 17.7 Å². The van der Waals surface area contributed by atoms with Crippen LogP contribution in [0.5, 0.6) is 0 Å². The van der Waals surface area contributed by atoms with Gasteiger partial charge in [0.1, 0.15) is 6.20 Å². The highest BCUT2D eigenvalue weighted by Crippen LogP contribution is 2.36. The van der Waals surface area contributed by atoms with E-state index in [-0.39, 0.29) is 3.51 Å². The number of aryl methyl sites for hydroxylation is 1. The number of rotatable bonds is 2. The summed E-state index contributed by atoms with van der Waals surface area (Å²) in [5.41, 5.74) is 2.91. The summed E-state index contributed by atoms with van der Waals surface area (Å²) in [6.45, 7) is 2.04. The lowest BCUT2D eigenvalue weighted by atomic mass is 10.2. The van der Waals surface area contributed by atoms with E-state index in [1.54, 1.807) is 0 Å². The topological polar surface area (TPSA) is 17.1 Å². The molecule has 0 N–H and O–H groups in total. The van der Waals surface area contributed by atoms with Crippen molar-refractivity contribution in [2.24, 2.45) is 0 Å². The third-order valence-corrected chi connectivity index (χ3v) is 3.52. The number of allylic oxidation sites excluding steroid dienone is 3. The Balaban J connectivity index is 2.46. The van der Waals surface area contributed by atoms with Gasteiger partial charge in [-0.05, 0) is 13.0 Å². The minimum absolute atomic E-state index is 0.275. The van der Waals surface area contributed by atoms with Crippen LogP contribution >= 0.6 is 16.1 Å². The van der Waals surface area contributed by atoms with Crippen molar-refractivity contribution in [1.82, 2.24) is 3.51 Å². The average Bonchev–Trinajstić information content (AvgIpc) is 2.61. The predicted molar refractivity (Wildman–Crippen MR) is 65.2 cm³/mol. The Labute approximate surface area is 97.4 Å². The van der Waals surface area contributed by atoms with E-state index in [2.05, 4.69) is 16.1 Å². The largest absolute Gasteiger partial charge is 0.292 e. The fourth-order valence-corrected chi connectivity index (χ4v) is 2.14. The number of halogens is 1. The van der Waals surface area contributed by atoms with Gasteiger partial charge in [0.15, 0.2) is 11.4 Å². The molecule has 0 spiro atoms. The minimum Gasteiger partial charge on any atom is -0.292 e. The van der Waals surface area contributed by atoms with Gasteiger partial charge in [0.2, 0.25) is 22.4 Å². The van der Waals surface area contributed by atoms with E-state index in [0.29, 0.717) is 5.70 Å². The van der Waals surface area contributed by atoms with Crippen molar-refractivity contribution in [3.8, 4) is 0 Å². The van der Waals surface area contributed by atoms with E-state index in [1.165, 1.54) is 5.56 Å². The first-order valence-corrected chi connectivity index (χ1v) is 5.38. The first-order chi connectivity index (χ1) is 7.16. The number of quaternary nitrogens is 1. The maximum atomic E-state index is 10.9. The highest BCUT2D eigenvalue weighted by Gasteiger charge is 2.34. The van der Waals surface area contributed by atoms with Crippen LogP contribution in [0.1, 0.15) is 5.56 Å². The molecule has 0 bridgehead atoms. The van der Waals surface area contributed by atoms with Crippen LogP contribution in [0, 0.1) is 6.92 Å². The molecule has 0 aromatic heterocycles. The summed E-state index contributed by atoms with van der Waals surface area (Å²) in [5.74, 6) is 0. The number of benzene rings is 1. The molecule has 1 aromatic carbocycles. The lowest BCUT2D eigenvalue weighted by Crippen LogP contribution is -2.29. The van der Waals surface area contributed by atoms with Crippen LogP contribution in [0.2, 0.25) is 0 Å². The smallest absolute Gasteiger partial charge is 0.245 e. The van der Waals surface area contributed by atoms with Crippen LogP contribution < -0.4 is 3.51 Å². The second-order valence-electron chi connectivity index (χ2n) is 3.52. The summed E-state index contributed by atoms with van der Waals surface area (Å²) >= 11 is 3.56. The summed E-state index contributed by atoms with van der Waals surface area (Å²) in [5, 5.41) is 0. The van der Waals surface area contributed by atoms with Gasteiger partial charge in [0, 0.05) is 18.2 Å². The minimum atomic E-state index is 0.275. The first-order valence-electron chi connectivity index (χ1n) is 4.68. The molecule has 0 saturated carbocycles. The van der Waals surface area contributed by atoms with E-state index in [9.17, 15) is 4.79 Å². The molecule has 2 nitrogen and oxygen atoms in total. The average molecular weight is 265 g/mol. The molecule has 0 amide bonds. The van der Waals surface area contributed by atoms with Gasteiger partial charge in [0.05, 0.1) is 0 Å². The quantitative estimate of drug-likeness (QED) is 0.592. The molecular weight excluding hydrogens is 254 g/mol. The van der Waals surface area contributed by atoms with E-state index >= 15 is 0 Å². The SMILES string of the molecule is Cc1ccc([N+]2(Br)C=CC=C2C=O)cc1. The second-order valence-corrected chi connectivity index (χ2v) is 4.64. The Kier molecular flexibility index (Phi) is 2.59. The summed E-state index contributed by atoms with van der Waals surface area (Å²) in [6, 6.07) is 8.09. The highest BCUT2D eigenvalue weighted by molar-refractivity contribution is 9.08.